The summed E-state index contributed by atoms with van der Waals surface area (Å²) in [4.78, 5) is 22.4. The maximum absolute atomic E-state index is 13.3. The van der Waals surface area contributed by atoms with Gasteiger partial charge in [-0.25, -0.2) is 9.78 Å². The molecule has 6 aromatic rings. The van der Waals surface area contributed by atoms with Gasteiger partial charge in [-0.15, -0.1) is 10.2 Å². The van der Waals surface area contributed by atoms with E-state index in [1.807, 2.05) is 48.5 Å². The molecule has 0 fully saturated rings. The van der Waals surface area contributed by atoms with Gasteiger partial charge in [-0.2, -0.15) is 0 Å². The van der Waals surface area contributed by atoms with Crippen LogP contribution in [-0.4, -0.2) is 48.1 Å². The second kappa shape index (κ2) is 8.90. The Labute approximate surface area is 211 Å². The Kier molecular flexibility index (Phi) is 5.41. The predicted molar refractivity (Wildman–Crippen MR) is 139 cm³/mol. The summed E-state index contributed by atoms with van der Waals surface area (Å²) in [6.45, 7) is 0.428. The molecule has 10 heteroatoms. The molecule has 10 nitrogen and oxygen atoms in total. The van der Waals surface area contributed by atoms with Crippen molar-refractivity contribution in [1.82, 2.24) is 33.9 Å². The first-order valence-corrected chi connectivity index (χ1v) is 11.6. The third kappa shape index (κ3) is 3.79. The van der Waals surface area contributed by atoms with Gasteiger partial charge in [0.25, 0.3) is 0 Å². The van der Waals surface area contributed by atoms with E-state index in [1.165, 1.54) is 0 Å². The molecule has 0 spiro atoms. The summed E-state index contributed by atoms with van der Waals surface area (Å²) in [6.07, 6.45) is 6.72. The quantitative estimate of drug-likeness (QED) is 0.349. The van der Waals surface area contributed by atoms with Gasteiger partial charge in [0.1, 0.15) is 24.1 Å². The molecule has 4 heterocycles. The Morgan fingerprint density at radius 2 is 1.65 bits per heavy atom. The second-order valence-electron chi connectivity index (χ2n) is 8.62. The van der Waals surface area contributed by atoms with Crippen LogP contribution in [0.3, 0.4) is 0 Å². The molecule has 0 saturated carbocycles. The van der Waals surface area contributed by atoms with Crippen LogP contribution in [-0.2, 0) is 13.6 Å². The van der Waals surface area contributed by atoms with Gasteiger partial charge in [-0.1, -0.05) is 18.2 Å². The minimum Gasteiger partial charge on any atom is -0.497 e. The summed E-state index contributed by atoms with van der Waals surface area (Å²) in [5.41, 5.74) is 5.82. The standard InChI is InChI=1S/C27H23N7O3/c1-32-25-21-10-18(19-11-23(26(37-3)29-12-19)33-15-30-31-16-33)6-9-22(21)28-13-24(25)34(27(32)35)14-17-4-7-20(36-2)8-5-17/h4-13,15-16H,14H2,1-3H3. The summed E-state index contributed by atoms with van der Waals surface area (Å²) in [5, 5.41) is 8.66. The summed E-state index contributed by atoms with van der Waals surface area (Å²) in [6, 6.07) is 15.7. The van der Waals surface area contributed by atoms with Crippen molar-refractivity contribution in [3.63, 3.8) is 0 Å². The summed E-state index contributed by atoms with van der Waals surface area (Å²) in [5.74, 6) is 1.24. The van der Waals surface area contributed by atoms with Gasteiger partial charge >= 0.3 is 5.69 Å². The van der Waals surface area contributed by atoms with Crippen LogP contribution in [0.5, 0.6) is 11.6 Å². The van der Waals surface area contributed by atoms with Crippen molar-refractivity contribution in [3.05, 3.63) is 89.6 Å². The van der Waals surface area contributed by atoms with Gasteiger partial charge in [0.15, 0.2) is 0 Å². The molecular weight excluding hydrogens is 470 g/mol. The lowest BCUT2D eigenvalue weighted by atomic mass is 10.0. The molecule has 0 atom stereocenters. The van der Waals surface area contributed by atoms with E-state index in [2.05, 4.69) is 20.2 Å². The number of aryl methyl sites for hydroxylation is 1. The van der Waals surface area contributed by atoms with E-state index < -0.39 is 0 Å². The normalized spacial score (nSPS) is 11.3. The average molecular weight is 494 g/mol. The van der Waals surface area contributed by atoms with E-state index in [0.29, 0.717) is 12.4 Å². The monoisotopic (exact) mass is 493 g/mol. The van der Waals surface area contributed by atoms with E-state index in [-0.39, 0.29) is 5.69 Å². The van der Waals surface area contributed by atoms with Crippen molar-refractivity contribution in [2.24, 2.45) is 7.05 Å². The molecule has 0 aliphatic heterocycles. The zero-order chi connectivity index (χ0) is 25.5. The van der Waals surface area contributed by atoms with E-state index in [4.69, 9.17) is 9.47 Å². The van der Waals surface area contributed by atoms with E-state index in [9.17, 15) is 4.79 Å². The molecule has 0 unspecified atom stereocenters. The van der Waals surface area contributed by atoms with Crippen LogP contribution in [0.4, 0.5) is 0 Å². The Bertz CT molecular complexity index is 1800. The van der Waals surface area contributed by atoms with E-state index in [0.717, 1.165) is 50.1 Å². The largest absolute Gasteiger partial charge is 0.497 e. The molecule has 0 aliphatic carbocycles. The number of imidazole rings is 1. The van der Waals surface area contributed by atoms with Gasteiger partial charge < -0.3 is 9.47 Å². The van der Waals surface area contributed by atoms with Crippen molar-refractivity contribution < 1.29 is 9.47 Å². The van der Waals surface area contributed by atoms with Crippen LogP contribution in [0, 0.1) is 0 Å². The molecule has 2 aromatic carbocycles. The third-order valence-electron chi connectivity index (χ3n) is 6.52. The van der Waals surface area contributed by atoms with Gasteiger partial charge in [0.2, 0.25) is 5.88 Å². The van der Waals surface area contributed by atoms with Crippen LogP contribution in [0.15, 0.2) is 78.4 Å². The number of methoxy groups -OCH3 is 2. The Morgan fingerprint density at radius 3 is 2.38 bits per heavy atom. The highest BCUT2D eigenvalue weighted by Gasteiger charge is 2.16. The first kappa shape index (κ1) is 22.5. The summed E-state index contributed by atoms with van der Waals surface area (Å²) < 4.78 is 15.9. The Hall–Kier alpha value is -4.99. The fourth-order valence-electron chi connectivity index (χ4n) is 4.61. The topological polar surface area (TPSA) is 102 Å². The van der Waals surface area contributed by atoms with Gasteiger partial charge in [-0.3, -0.25) is 18.7 Å². The van der Waals surface area contributed by atoms with Gasteiger partial charge in [0.05, 0.1) is 43.5 Å². The lowest BCUT2D eigenvalue weighted by Gasteiger charge is -2.11. The summed E-state index contributed by atoms with van der Waals surface area (Å²) >= 11 is 0. The molecule has 6 rings (SSSR count). The van der Waals surface area contributed by atoms with Crippen molar-refractivity contribution in [2.75, 3.05) is 14.2 Å². The fraction of sp³-hybridized carbons (Fsp3) is 0.148. The molecule has 0 bridgehead atoms. The van der Waals surface area contributed by atoms with Crippen molar-refractivity contribution in [1.29, 1.82) is 0 Å². The van der Waals surface area contributed by atoms with Crippen molar-refractivity contribution in [3.8, 4) is 28.4 Å². The molecule has 4 aromatic heterocycles. The number of rotatable bonds is 6. The highest BCUT2D eigenvalue weighted by Crippen LogP contribution is 2.31. The zero-order valence-electron chi connectivity index (χ0n) is 20.5. The first-order chi connectivity index (χ1) is 18.1. The lowest BCUT2D eigenvalue weighted by Crippen LogP contribution is -2.22. The minimum absolute atomic E-state index is 0.105. The number of aromatic nitrogens is 7. The lowest BCUT2D eigenvalue weighted by molar-refractivity contribution is 0.396. The molecular formula is C27H23N7O3. The van der Waals surface area contributed by atoms with Crippen molar-refractivity contribution in [2.45, 2.75) is 6.54 Å². The molecule has 0 radical (unpaired) electrons. The number of hydrogen-bond acceptors (Lipinski definition) is 7. The van der Waals surface area contributed by atoms with Gasteiger partial charge in [0, 0.05) is 24.2 Å². The number of fused-ring (bicyclic) bond motifs is 3. The maximum Gasteiger partial charge on any atom is 0.329 e. The zero-order valence-corrected chi connectivity index (χ0v) is 20.5. The SMILES string of the molecule is COc1ccc(Cn2c(=O)n(C)c3c4cc(-c5cnc(OC)c(-n6cnnc6)c5)ccc4ncc32)cc1. The van der Waals surface area contributed by atoms with E-state index in [1.54, 1.807) is 60.0 Å². The number of benzene rings is 2. The number of hydrogen-bond donors (Lipinski definition) is 0. The molecule has 184 valence electrons. The minimum atomic E-state index is -0.105. The Balaban J connectivity index is 1.49. The molecule has 37 heavy (non-hydrogen) atoms. The summed E-state index contributed by atoms with van der Waals surface area (Å²) in [7, 11) is 5.00. The smallest absolute Gasteiger partial charge is 0.329 e. The number of pyridine rings is 2. The van der Waals surface area contributed by atoms with Gasteiger partial charge in [-0.05, 0) is 41.5 Å². The van der Waals surface area contributed by atoms with Crippen LogP contribution in [0.2, 0.25) is 0 Å². The second-order valence-corrected chi connectivity index (χ2v) is 8.62. The average Bonchev–Trinajstić information content (AvgIpc) is 3.56. The first-order valence-electron chi connectivity index (χ1n) is 11.6. The predicted octanol–water partition coefficient (Wildman–Crippen LogP) is 3.60. The number of nitrogens with zero attached hydrogens (tertiary/aromatic N) is 7. The molecule has 0 saturated heterocycles. The fourth-order valence-corrected chi connectivity index (χ4v) is 4.61. The molecule has 0 N–H and O–H groups in total. The van der Waals surface area contributed by atoms with E-state index >= 15 is 0 Å². The van der Waals surface area contributed by atoms with Crippen LogP contribution >= 0.6 is 0 Å². The third-order valence-corrected chi connectivity index (χ3v) is 6.52. The van der Waals surface area contributed by atoms with Crippen LogP contribution in [0.1, 0.15) is 5.56 Å². The number of ether oxygens (including phenoxy) is 2. The molecule has 0 amide bonds. The maximum atomic E-state index is 13.3. The molecule has 0 aliphatic rings. The van der Waals surface area contributed by atoms with Crippen molar-refractivity contribution >= 4 is 21.9 Å². The highest BCUT2D eigenvalue weighted by atomic mass is 16.5. The van der Waals surface area contributed by atoms with Crippen LogP contribution in [0.25, 0.3) is 38.8 Å². The Morgan fingerprint density at radius 1 is 0.865 bits per heavy atom. The highest BCUT2D eigenvalue weighted by molar-refractivity contribution is 6.04. The van der Waals surface area contributed by atoms with Crippen LogP contribution < -0.4 is 15.2 Å².